The number of rotatable bonds is 10. The highest BCUT2D eigenvalue weighted by Gasteiger charge is 2.23. The standard InChI is InChI=1S/C15H28N2O6/c1-5-7-10(12(18)19)16-9-6-8-11(13(20)21)17-14(22)23-15(2,3)4/h10-11,16H,5-9H2,1-4H3,(H,17,22)(H,18,19)(H,20,21)/t10?,11-/m0/s1. The molecule has 1 unspecified atom stereocenters. The molecule has 2 atom stereocenters. The molecule has 0 fully saturated rings. The van der Waals surface area contributed by atoms with Gasteiger partial charge in [-0.05, 0) is 46.6 Å². The third kappa shape index (κ3) is 10.5. The first-order valence-corrected chi connectivity index (χ1v) is 7.75. The lowest BCUT2D eigenvalue weighted by Crippen LogP contribution is -2.44. The van der Waals surface area contributed by atoms with Crippen molar-refractivity contribution >= 4 is 18.0 Å². The molecule has 0 spiro atoms. The number of carboxylic acid groups (broad SMARTS) is 2. The Bertz CT molecular complexity index is 405. The number of alkyl carbamates (subject to hydrolysis) is 1. The molecule has 4 N–H and O–H groups in total. The fraction of sp³-hybridized carbons (Fsp3) is 0.800. The van der Waals surface area contributed by atoms with Crippen molar-refractivity contribution in [2.75, 3.05) is 6.54 Å². The second kappa shape index (κ2) is 10.0. The summed E-state index contributed by atoms with van der Waals surface area (Å²) in [5.74, 6) is -2.08. The fourth-order valence-electron chi connectivity index (χ4n) is 1.89. The minimum Gasteiger partial charge on any atom is -0.480 e. The lowest BCUT2D eigenvalue weighted by Gasteiger charge is -2.22. The average Bonchev–Trinajstić information content (AvgIpc) is 2.38. The lowest BCUT2D eigenvalue weighted by atomic mass is 10.1. The predicted molar refractivity (Wildman–Crippen MR) is 84.4 cm³/mol. The smallest absolute Gasteiger partial charge is 0.408 e. The van der Waals surface area contributed by atoms with Crippen LogP contribution < -0.4 is 10.6 Å². The van der Waals surface area contributed by atoms with Crippen molar-refractivity contribution in [2.45, 2.75) is 71.1 Å². The molecule has 1 amide bonds. The van der Waals surface area contributed by atoms with Gasteiger partial charge in [0.25, 0.3) is 0 Å². The van der Waals surface area contributed by atoms with Gasteiger partial charge in [0.1, 0.15) is 17.7 Å². The fourth-order valence-corrected chi connectivity index (χ4v) is 1.89. The number of amides is 1. The van der Waals surface area contributed by atoms with Crippen molar-refractivity contribution in [3.63, 3.8) is 0 Å². The van der Waals surface area contributed by atoms with E-state index in [1.54, 1.807) is 20.8 Å². The largest absolute Gasteiger partial charge is 0.480 e. The SMILES string of the molecule is CCCC(NCCC[C@H](NC(=O)OC(C)(C)C)C(=O)O)C(=O)O. The van der Waals surface area contributed by atoms with Crippen LogP contribution in [0.2, 0.25) is 0 Å². The molecular weight excluding hydrogens is 304 g/mol. The predicted octanol–water partition coefficient (Wildman–Crippen LogP) is 1.59. The zero-order valence-corrected chi connectivity index (χ0v) is 14.2. The van der Waals surface area contributed by atoms with Gasteiger partial charge in [0.05, 0.1) is 0 Å². The van der Waals surface area contributed by atoms with Crippen molar-refractivity contribution < 1.29 is 29.3 Å². The number of hydrogen-bond acceptors (Lipinski definition) is 5. The van der Waals surface area contributed by atoms with Crippen molar-refractivity contribution in [1.82, 2.24) is 10.6 Å². The molecule has 23 heavy (non-hydrogen) atoms. The zero-order valence-electron chi connectivity index (χ0n) is 14.2. The monoisotopic (exact) mass is 332 g/mol. The molecule has 0 radical (unpaired) electrons. The van der Waals surface area contributed by atoms with E-state index in [1.165, 1.54) is 0 Å². The Morgan fingerprint density at radius 1 is 1.04 bits per heavy atom. The van der Waals surface area contributed by atoms with E-state index in [0.717, 1.165) is 6.42 Å². The Hall–Kier alpha value is -1.83. The first-order valence-electron chi connectivity index (χ1n) is 7.75. The summed E-state index contributed by atoms with van der Waals surface area (Å²) in [5, 5.41) is 23.3. The van der Waals surface area contributed by atoms with Gasteiger partial charge in [0.15, 0.2) is 0 Å². The highest BCUT2D eigenvalue weighted by atomic mass is 16.6. The van der Waals surface area contributed by atoms with Gasteiger partial charge in [-0.2, -0.15) is 0 Å². The van der Waals surface area contributed by atoms with E-state index in [4.69, 9.17) is 14.9 Å². The summed E-state index contributed by atoms with van der Waals surface area (Å²) in [6, 6.07) is -1.71. The summed E-state index contributed by atoms with van der Waals surface area (Å²) in [7, 11) is 0. The van der Waals surface area contributed by atoms with E-state index < -0.39 is 35.7 Å². The molecule has 0 saturated carbocycles. The molecule has 0 aliphatic heterocycles. The Balaban J connectivity index is 4.27. The molecule has 0 aromatic carbocycles. The molecule has 0 rings (SSSR count). The molecule has 8 heteroatoms. The summed E-state index contributed by atoms with van der Waals surface area (Å²) >= 11 is 0. The average molecular weight is 332 g/mol. The minimum atomic E-state index is -1.15. The van der Waals surface area contributed by atoms with Crippen molar-refractivity contribution in [3.05, 3.63) is 0 Å². The Labute approximate surface area is 136 Å². The molecular formula is C15H28N2O6. The summed E-state index contributed by atoms with van der Waals surface area (Å²) in [6.45, 7) is 7.31. The van der Waals surface area contributed by atoms with Crippen LogP contribution in [0.5, 0.6) is 0 Å². The topological polar surface area (TPSA) is 125 Å². The van der Waals surface area contributed by atoms with Gasteiger partial charge in [-0.15, -0.1) is 0 Å². The molecule has 8 nitrogen and oxygen atoms in total. The summed E-state index contributed by atoms with van der Waals surface area (Å²) < 4.78 is 5.02. The maximum absolute atomic E-state index is 11.6. The van der Waals surface area contributed by atoms with E-state index in [-0.39, 0.29) is 6.42 Å². The normalized spacial score (nSPS) is 13.9. The third-order valence-corrected chi connectivity index (χ3v) is 2.92. The first-order chi connectivity index (χ1) is 10.6. The number of ether oxygens (including phenoxy) is 1. The van der Waals surface area contributed by atoms with E-state index in [9.17, 15) is 14.4 Å². The van der Waals surface area contributed by atoms with Crippen LogP contribution in [0.3, 0.4) is 0 Å². The number of aliphatic carboxylic acids is 2. The van der Waals surface area contributed by atoms with Crippen LogP contribution in [0.4, 0.5) is 4.79 Å². The van der Waals surface area contributed by atoms with Gasteiger partial charge in [0, 0.05) is 0 Å². The van der Waals surface area contributed by atoms with Crippen LogP contribution in [-0.2, 0) is 14.3 Å². The van der Waals surface area contributed by atoms with Crippen LogP contribution in [0, 0.1) is 0 Å². The molecule has 0 aromatic heterocycles. The van der Waals surface area contributed by atoms with Gasteiger partial charge in [0.2, 0.25) is 0 Å². The number of nitrogens with one attached hydrogen (secondary N) is 2. The third-order valence-electron chi connectivity index (χ3n) is 2.92. The van der Waals surface area contributed by atoms with Crippen molar-refractivity contribution in [2.24, 2.45) is 0 Å². The highest BCUT2D eigenvalue weighted by molar-refractivity contribution is 5.80. The molecule has 0 heterocycles. The van der Waals surface area contributed by atoms with E-state index >= 15 is 0 Å². The second-order valence-corrected chi connectivity index (χ2v) is 6.31. The van der Waals surface area contributed by atoms with Crippen LogP contribution >= 0.6 is 0 Å². The number of carbonyl (C=O) groups excluding carboxylic acids is 1. The van der Waals surface area contributed by atoms with Crippen LogP contribution in [0.25, 0.3) is 0 Å². The maximum atomic E-state index is 11.6. The molecule has 0 aromatic rings. The molecule has 0 aliphatic carbocycles. The molecule has 0 aliphatic rings. The van der Waals surface area contributed by atoms with Crippen LogP contribution in [-0.4, -0.2) is 52.5 Å². The number of carbonyl (C=O) groups is 3. The van der Waals surface area contributed by atoms with Gasteiger partial charge in [-0.1, -0.05) is 13.3 Å². The first kappa shape index (κ1) is 21.2. The second-order valence-electron chi connectivity index (χ2n) is 6.31. The lowest BCUT2D eigenvalue weighted by molar-refractivity contribution is -0.140. The van der Waals surface area contributed by atoms with Crippen LogP contribution in [0.1, 0.15) is 53.4 Å². The molecule has 134 valence electrons. The Morgan fingerprint density at radius 2 is 1.61 bits per heavy atom. The molecule has 0 saturated heterocycles. The Morgan fingerprint density at radius 3 is 2.04 bits per heavy atom. The zero-order chi connectivity index (χ0) is 18.0. The highest BCUT2D eigenvalue weighted by Crippen LogP contribution is 2.08. The number of carboxylic acids is 2. The van der Waals surface area contributed by atoms with Gasteiger partial charge in [-0.25, -0.2) is 9.59 Å². The quantitative estimate of drug-likeness (QED) is 0.448. The van der Waals surface area contributed by atoms with E-state index in [0.29, 0.717) is 19.4 Å². The van der Waals surface area contributed by atoms with Gasteiger partial charge >= 0.3 is 18.0 Å². The van der Waals surface area contributed by atoms with Crippen molar-refractivity contribution in [1.29, 1.82) is 0 Å². The summed E-state index contributed by atoms with van der Waals surface area (Å²) in [6.07, 6.45) is 1.06. The maximum Gasteiger partial charge on any atom is 0.408 e. The van der Waals surface area contributed by atoms with Crippen molar-refractivity contribution in [3.8, 4) is 0 Å². The van der Waals surface area contributed by atoms with E-state index in [2.05, 4.69) is 10.6 Å². The Kier molecular flexibility index (Phi) is 9.24. The summed E-state index contributed by atoms with van der Waals surface area (Å²) in [5.41, 5.74) is -0.705. The van der Waals surface area contributed by atoms with E-state index in [1.807, 2.05) is 6.92 Å². The van der Waals surface area contributed by atoms with Crippen LogP contribution in [0.15, 0.2) is 0 Å². The summed E-state index contributed by atoms with van der Waals surface area (Å²) in [4.78, 5) is 33.7. The minimum absolute atomic E-state index is 0.181. The molecule has 0 bridgehead atoms. The van der Waals surface area contributed by atoms with Gasteiger partial charge < -0.3 is 25.6 Å². The number of hydrogen-bond donors (Lipinski definition) is 4. The van der Waals surface area contributed by atoms with Gasteiger partial charge in [-0.3, -0.25) is 4.79 Å².